The summed E-state index contributed by atoms with van der Waals surface area (Å²) in [7, 11) is 0. The summed E-state index contributed by atoms with van der Waals surface area (Å²) in [5.74, 6) is 5.89. The molecule has 0 aromatic rings. The van der Waals surface area contributed by atoms with Gasteiger partial charge in [-0.25, -0.2) is 5.84 Å². The molecule has 1 atom stereocenters. The molecular formula is C8H10N2O. The number of amides is 1. The number of allylic oxidation sites excluding steroid dienone is 4. The van der Waals surface area contributed by atoms with Crippen LogP contribution in [-0.2, 0) is 4.79 Å². The van der Waals surface area contributed by atoms with E-state index in [0.29, 0.717) is 12.3 Å². The molecule has 3 nitrogen and oxygen atoms in total. The average molecular weight is 150 g/mol. The first-order valence-corrected chi connectivity index (χ1v) is 3.73. The van der Waals surface area contributed by atoms with Crippen molar-refractivity contribution in [3.63, 3.8) is 0 Å². The van der Waals surface area contributed by atoms with E-state index < -0.39 is 0 Å². The molecule has 3 heteroatoms. The second-order valence-corrected chi connectivity index (χ2v) is 2.92. The molecule has 58 valence electrons. The lowest BCUT2D eigenvalue weighted by Gasteiger charge is -2.15. The monoisotopic (exact) mass is 150 g/mol. The molecule has 0 radical (unpaired) electrons. The second-order valence-electron chi connectivity index (χ2n) is 2.92. The summed E-state index contributed by atoms with van der Waals surface area (Å²) >= 11 is 0. The van der Waals surface area contributed by atoms with Crippen molar-refractivity contribution in [2.75, 3.05) is 0 Å². The van der Waals surface area contributed by atoms with Crippen molar-refractivity contribution in [2.24, 2.45) is 11.8 Å². The van der Waals surface area contributed by atoms with Crippen molar-refractivity contribution >= 4 is 5.91 Å². The van der Waals surface area contributed by atoms with Crippen molar-refractivity contribution < 1.29 is 4.79 Å². The molecule has 1 aliphatic carbocycles. The van der Waals surface area contributed by atoms with Crippen LogP contribution in [0, 0.1) is 5.92 Å². The van der Waals surface area contributed by atoms with Gasteiger partial charge >= 0.3 is 0 Å². The fourth-order valence-corrected chi connectivity index (χ4v) is 1.58. The first-order valence-electron chi connectivity index (χ1n) is 3.73. The first kappa shape index (κ1) is 6.61. The van der Waals surface area contributed by atoms with Crippen LogP contribution in [0.25, 0.3) is 0 Å². The molecule has 0 bridgehead atoms. The van der Waals surface area contributed by atoms with Crippen LogP contribution in [0.2, 0.25) is 0 Å². The highest BCUT2D eigenvalue weighted by Gasteiger charge is 2.32. The van der Waals surface area contributed by atoms with Crippen molar-refractivity contribution in [3.8, 4) is 0 Å². The van der Waals surface area contributed by atoms with Gasteiger partial charge in [0, 0.05) is 18.0 Å². The summed E-state index contributed by atoms with van der Waals surface area (Å²) in [4.78, 5) is 11.1. The standard InChI is InChI=1S/C8H10N2O/c9-10-7-4-2-1-3-6(7)5-8(10)11/h1-2,4,6H,3,5,9H2. The maximum atomic E-state index is 11.1. The molecule has 1 saturated heterocycles. The Labute approximate surface area is 65.1 Å². The normalized spacial score (nSPS) is 28.8. The fourth-order valence-electron chi connectivity index (χ4n) is 1.58. The van der Waals surface area contributed by atoms with Crippen molar-refractivity contribution in [1.82, 2.24) is 5.01 Å². The van der Waals surface area contributed by atoms with Gasteiger partial charge in [-0.2, -0.15) is 0 Å². The van der Waals surface area contributed by atoms with Crippen molar-refractivity contribution in [1.29, 1.82) is 0 Å². The molecule has 1 amide bonds. The van der Waals surface area contributed by atoms with Gasteiger partial charge in [0.25, 0.3) is 0 Å². The molecule has 2 rings (SSSR count). The number of carbonyl (C=O) groups is 1. The zero-order valence-electron chi connectivity index (χ0n) is 6.16. The Balaban J connectivity index is 2.32. The minimum Gasteiger partial charge on any atom is -0.273 e. The van der Waals surface area contributed by atoms with E-state index in [1.54, 1.807) is 0 Å². The Morgan fingerprint density at radius 2 is 2.45 bits per heavy atom. The molecule has 2 N–H and O–H groups in total. The Bertz CT molecular complexity index is 255. The first-order chi connectivity index (χ1) is 5.29. The van der Waals surface area contributed by atoms with Gasteiger partial charge in [0.15, 0.2) is 0 Å². The molecule has 1 heterocycles. The SMILES string of the molecule is NN1C(=O)CC2CC=CC=C21. The lowest BCUT2D eigenvalue weighted by Crippen LogP contribution is -2.30. The number of nitrogens with two attached hydrogens (primary N) is 1. The number of fused-ring (bicyclic) bond motifs is 1. The third-order valence-corrected chi connectivity index (χ3v) is 2.21. The molecule has 0 aromatic carbocycles. The summed E-state index contributed by atoms with van der Waals surface area (Å²) < 4.78 is 0. The maximum absolute atomic E-state index is 11.1. The van der Waals surface area contributed by atoms with Crippen LogP contribution in [0.15, 0.2) is 23.9 Å². The Kier molecular flexibility index (Phi) is 1.32. The zero-order valence-corrected chi connectivity index (χ0v) is 6.16. The largest absolute Gasteiger partial charge is 0.273 e. The number of rotatable bonds is 0. The molecule has 0 saturated carbocycles. The molecule has 0 spiro atoms. The van der Waals surface area contributed by atoms with Crippen LogP contribution in [0.1, 0.15) is 12.8 Å². The highest BCUT2D eigenvalue weighted by Crippen LogP contribution is 2.31. The molecule has 1 fully saturated rings. The van der Waals surface area contributed by atoms with E-state index in [4.69, 9.17) is 5.84 Å². The lowest BCUT2D eigenvalue weighted by atomic mass is 9.97. The summed E-state index contributed by atoms with van der Waals surface area (Å²) in [6.45, 7) is 0. The predicted octanol–water partition coefficient (Wildman–Crippen LogP) is 0.552. The quantitative estimate of drug-likeness (QED) is 0.405. The van der Waals surface area contributed by atoms with E-state index in [0.717, 1.165) is 12.1 Å². The van der Waals surface area contributed by atoms with Crippen molar-refractivity contribution in [2.45, 2.75) is 12.8 Å². The molecular weight excluding hydrogens is 140 g/mol. The Hall–Kier alpha value is -1.09. The average Bonchev–Trinajstić information content (AvgIpc) is 2.30. The van der Waals surface area contributed by atoms with Crippen LogP contribution in [0.5, 0.6) is 0 Å². The van der Waals surface area contributed by atoms with Gasteiger partial charge in [-0.1, -0.05) is 12.2 Å². The number of carbonyl (C=O) groups excluding carboxylic acids is 1. The number of hydrazine groups is 1. The van der Waals surface area contributed by atoms with Gasteiger partial charge < -0.3 is 0 Å². The topological polar surface area (TPSA) is 46.3 Å². The smallest absolute Gasteiger partial charge is 0.241 e. The molecule has 2 aliphatic rings. The molecule has 11 heavy (non-hydrogen) atoms. The zero-order chi connectivity index (χ0) is 7.84. The number of hydrogen-bond donors (Lipinski definition) is 1. The second kappa shape index (κ2) is 2.20. The Morgan fingerprint density at radius 1 is 1.64 bits per heavy atom. The highest BCUT2D eigenvalue weighted by atomic mass is 16.2. The summed E-state index contributed by atoms with van der Waals surface area (Å²) in [6, 6.07) is 0. The maximum Gasteiger partial charge on any atom is 0.241 e. The van der Waals surface area contributed by atoms with Gasteiger partial charge in [0.05, 0.1) is 0 Å². The van der Waals surface area contributed by atoms with E-state index in [9.17, 15) is 4.79 Å². The van der Waals surface area contributed by atoms with E-state index in [-0.39, 0.29) is 5.91 Å². The van der Waals surface area contributed by atoms with Crippen LogP contribution in [0.3, 0.4) is 0 Å². The van der Waals surface area contributed by atoms with Gasteiger partial charge in [-0.15, -0.1) is 0 Å². The lowest BCUT2D eigenvalue weighted by molar-refractivity contribution is -0.127. The molecule has 0 aromatic heterocycles. The summed E-state index contributed by atoms with van der Waals surface area (Å²) in [5.41, 5.74) is 0.970. The van der Waals surface area contributed by atoms with Crippen LogP contribution < -0.4 is 5.84 Å². The number of hydrogen-bond acceptors (Lipinski definition) is 2. The van der Waals surface area contributed by atoms with Gasteiger partial charge in [-0.05, 0) is 12.5 Å². The van der Waals surface area contributed by atoms with Crippen LogP contribution in [0.4, 0.5) is 0 Å². The summed E-state index contributed by atoms with van der Waals surface area (Å²) in [6.07, 6.45) is 7.46. The van der Waals surface area contributed by atoms with E-state index >= 15 is 0 Å². The number of nitrogens with zero attached hydrogens (tertiary/aromatic N) is 1. The van der Waals surface area contributed by atoms with E-state index in [1.807, 2.05) is 12.2 Å². The minimum atomic E-state index is 0.0324. The van der Waals surface area contributed by atoms with Crippen LogP contribution in [-0.4, -0.2) is 10.9 Å². The van der Waals surface area contributed by atoms with E-state index in [1.165, 1.54) is 5.01 Å². The van der Waals surface area contributed by atoms with Crippen molar-refractivity contribution in [3.05, 3.63) is 23.9 Å². The summed E-state index contributed by atoms with van der Waals surface area (Å²) in [5, 5.41) is 1.27. The van der Waals surface area contributed by atoms with Gasteiger partial charge in [0.1, 0.15) is 0 Å². The predicted molar refractivity (Wildman–Crippen MR) is 41.0 cm³/mol. The van der Waals surface area contributed by atoms with Crippen LogP contribution >= 0.6 is 0 Å². The third kappa shape index (κ3) is 0.886. The Morgan fingerprint density at radius 3 is 3.18 bits per heavy atom. The molecule has 1 unspecified atom stereocenters. The third-order valence-electron chi connectivity index (χ3n) is 2.21. The minimum absolute atomic E-state index is 0.0324. The van der Waals surface area contributed by atoms with Gasteiger partial charge in [0.2, 0.25) is 5.91 Å². The van der Waals surface area contributed by atoms with Gasteiger partial charge in [-0.3, -0.25) is 9.80 Å². The molecule has 1 aliphatic heterocycles. The van der Waals surface area contributed by atoms with E-state index in [2.05, 4.69) is 6.08 Å². The fraction of sp³-hybridized carbons (Fsp3) is 0.375. The highest BCUT2D eigenvalue weighted by molar-refractivity contribution is 5.81.